The molecule has 0 saturated heterocycles. The summed E-state index contributed by atoms with van der Waals surface area (Å²) in [7, 11) is 0. The molecule has 0 radical (unpaired) electrons. The maximum atomic E-state index is 3.63. The van der Waals surface area contributed by atoms with Crippen LogP contribution in [0.1, 0.15) is 60.8 Å². The Bertz CT molecular complexity index is 233. The van der Waals surface area contributed by atoms with Crippen molar-refractivity contribution < 1.29 is 0 Å². The molecule has 1 N–H and O–H groups in total. The Morgan fingerprint density at radius 3 is 2.22 bits per heavy atom. The monoisotopic (exact) mass is 254 g/mol. The van der Waals surface area contributed by atoms with Crippen LogP contribution in [0.15, 0.2) is 0 Å². The van der Waals surface area contributed by atoms with E-state index in [0.717, 1.165) is 18.5 Å². The zero-order chi connectivity index (χ0) is 13.8. The third-order valence-electron chi connectivity index (χ3n) is 4.04. The van der Waals surface area contributed by atoms with E-state index in [1.54, 1.807) is 0 Å². The van der Waals surface area contributed by atoms with Crippen molar-refractivity contribution in [3.05, 3.63) is 0 Å². The first-order valence-corrected chi connectivity index (χ1v) is 7.83. The third kappa shape index (κ3) is 5.71. The van der Waals surface area contributed by atoms with E-state index in [2.05, 4.69) is 51.8 Å². The van der Waals surface area contributed by atoms with Crippen molar-refractivity contribution in [3.63, 3.8) is 0 Å². The molecule has 0 spiro atoms. The van der Waals surface area contributed by atoms with Gasteiger partial charge in [-0.3, -0.25) is 4.90 Å². The molecule has 0 aromatic heterocycles. The van der Waals surface area contributed by atoms with Crippen molar-refractivity contribution in [2.75, 3.05) is 19.6 Å². The zero-order valence-corrected chi connectivity index (χ0v) is 13.4. The van der Waals surface area contributed by atoms with E-state index in [9.17, 15) is 0 Å². The molecule has 1 saturated carbocycles. The van der Waals surface area contributed by atoms with Gasteiger partial charge in [-0.2, -0.15) is 0 Å². The maximum Gasteiger partial charge on any atom is 0.00967 e. The van der Waals surface area contributed by atoms with Crippen molar-refractivity contribution in [1.82, 2.24) is 10.2 Å². The van der Waals surface area contributed by atoms with Crippen molar-refractivity contribution in [2.45, 2.75) is 72.9 Å². The molecule has 1 rings (SSSR count). The van der Waals surface area contributed by atoms with E-state index < -0.39 is 0 Å². The molecular weight excluding hydrogens is 220 g/mol. The predicted octanol–water partition coefficient (Wildman–Crippen LogP) is 3.52. The standard InChI is InChI=1S/C16H34N2/c1-7-16(6,11-17-14(4)5)12-18(10-13(2)3)15-8-9-15/h13-15,17H,7-12H2,1-6H3. The fourth-order valence-corrected chi connectivity index (χ4v) is 2.48. The average molecular weight is 254 g/mol. The van der Waals surface area contributed by atoms with Gasteiger partial charge in [0.25, 0.3) is 0 Å². The second kappa shape index (κ2) is 6.91. The normalized spacial score (nSPS) is 19.8. The van der Waals surface area contributed by atoms with E-state index >= 15 is 0 Å². The van der Waals surface area contributed by atoms with Gasteiger partial charge in [0.2, 0.25) is 0 Å². The predicted molar refractivity (Wildman–Crippen MR) is 81.0 cm³/mol. The Morgan fingerprint density at radius 1 is 1.22 bits per heavy atom. The van der Waals surface area contributed by atoms with E-state index in [1.165, 1.54) is 32.4 Å². The summed E-state index contributed by atoms with van der Waals surface area (Å²) >= 11 is 0. The smallest absolute Gasteiger partial charge is 0.00967 e. The van der Waals surface area contributed by atoms with Crippen LogP contribution in [0.5, 0.6) is 0 Å². The first-order chi connectivity index (χ1) is 8.36. The van der Waals surface area contributed by atoms with Crippen LogP contribution in [0, 0.1) is 11.3 Å². The molecule has 0 bridgehead atoms. The van der Waals surface area contributed by atoms with Crippen LogP contribution in [0.4, 0.5) is 0 Å². The van der Waals surface area contributed by atoms with Crippen LogP contribution < -0.4 is 5.32 Å². The first kappa shape index (κ1) is 16.0. The Balaban J connectivity index is 2.51. The van der Waals surface area contributed by atoms with Gasteiger partial charge in [-0.25, -0.2) is 0 Å². The molecule has 1 unspecified atom stereocenters. The summed E-state index contributed by atoms with van der Waals surface area (Å²) in [6.07, 6.45) is 4.10. The van der Waals surface area contributed by atoms with E-state index in [1.807, 2.05) is 0 Å². The molecule has 108 valence electrons. The minimum atomic E-state index is 0.418. The van der Waals surface area contributed by atoms with Gasteiger partial charge < -0.3 is 5.32 Å². The van der Waals surface area contributed by atoms with E-state index in [4.69, 9.17) is 0 Å². The maximum absolute atomic E-state index is 3.63. The van der Waals surface area contributed by atoms with Crippen LogP contribution in [0.3, 0.4) is 0 Å². The summed E-state index contributed by atoms with van der Waals surface area (Å²) < 4.78 is 0. The highest BCUT2D eigenvalue weighted by atomic mass is 15.2. The average Bonchev–Trinajstić information content (AvgIpc) is 3.09. The third-order valence-corrected chi connectivity index (χ3v) is 4.04. The molecule has 18 heavy (non-hydrogen) atoms. The largest absolute Gasteiger partial charge is 0.314 e. The summed E-state index contributed by atoms with van der Waals surface area (Å²) in [5, 5.41) is 3.63. The topological polar surface area (TPSA) is 15.3 Å². The van der Waals surface area contributed by atoms with Gasteiger partial charge >= 0.3 is 0 Å². The molecular formula is C16H34N2. The molecule has 1 aliphatic rings. The molecule has 1 fully saturated rings. The highest BCUT2D eigenvalue weighted by Gasteiger charge is 2.34. The van der Waals surface area contributed by atoms with Crippen LogP contribution in [-0.2, 0) is 0 Å². The van der Waals surface area contributed by atoms with Crippen LogP contribution in [0.2, 0.25) is 0 Å². The van der Waals surface area contributed by atoms with Crippen molar-refractivity contribution in [3.8, 4) is 0 Å². The number of rotatable bonds is 9. The fourth-order valence-electron chi connectivity index (χ4n) is 2.48. The van der Waals surface area contributed by atoms with Gasteiger partial charge in [0, 0.05) is 31.7 Å². The molecule has 1 atom stereocenters. The fraction of sp³-hybridized carbons (Fsp3) is 1.00. The molecule has 1 aliphatic carbocycles. The van der Waals surface area contributed by atoms with Gasteiger partial charge in [-0.1, -0.05) is 41.5 Å². The quantitative estimate of drug-likeness (QED) is 0.677. The number of nitrogens with zero attached hydrogens (tertiary/aromatic N) is 1. The molecule has 0 aromatic rings. The summed E-state index contributed by atoms with van der Waals surface area (Å²) in [4.78, 5) is 2.75. The van der Waals surface area contributed by atoms with Gasteiger partial charge in [-0.05, 0) is 30.6 Å². The molecule has 0 amide bonds. The van der Waals surface area contributed by atoms with Crippen LogP contribution in [0.25, 0.3) is 0 Å². The van der Waals surface area contributed by atoms with E-state index in [-0.39, 0.29) is 0 Å². The lowest BCUT2D eigenvalue weighted by Crippen LogP contribution is -2.45. The SMILES string of the molecule is CCC(C)(CNC(C)C)CN(CC(C)C)C1CC1. The van der Waals surface area contributed by atoms with Gasteiger partial charge in [0.05, 0.1) is 0 Å². The second-order valence-electron chi connectivity index (χ2n) is 7.25. The Morgan fingerprint density at radius 2 is 1.83 bits per heavy atom. The zero-order valence-electron chi connectivity index (χ0n) is 13.4. The Labute approximate surface area is 115 Å². The van der Waals surface area contributed by atoms with Gasteiger partial charge in [0.15, 0.2) is 0 Å². The molecule has 2 heteroatoms. The molecule has 0 aromatic carbocycles. The Kier molecular flexibility index (Phi) is 6.13. The molecule has 2 nitrogen and oxygen atoms in total. The highest BCUT2D eigenvalue weighted by Crippen LogP contribution is 2.32. The van der Waals surface area contributed by atoms with Crippen LogP contribution >= 0.6 is 0 Å². The molecule has 0 heterocycles. The summed E-state index contributed by atoms with van der Waals surface area (Å²) in [5.74, 6) is 0.782. The lowest BCUT2D eigenvalue weighted by atomic mass is 9.86. The Hall–Kier alpha value is -0.0800. The summed E-state index contributed by atoms with van der Waals surface area (Å²) in [5.41, 5.74) is 0.418. The summed E-state index contributed by atoms with van der Waals surface area (Å²) in [6.45, 7) is 17.6. The first-order valence-electron chi connectivity index (χ1n) is 7.83. The minimum absolute atomic E-state index is 0.418. The van der Waals surface area contributed by atoms with E-state index in [0.29, 0.717) is 11.5 Å². The van der Waals surface area contributed by atoms with Gasteiger partial charge in [-0.15, -0.1) is 0 Å². The van der Waals surface area contributed by atoms with Crippen LogP contribution in [-0.4, -0.2) is 36.6 Å². The lowest BCUT2D eigenvalue weighted by Gasteiger charge is -2.36. The number of hydrogen-bond acceptors (Lipinski definition) is 2. The second-order valence-corrected chi connectivity index (χ2v) is 7.25. The highest BCUT2D eigenvalue weighted by molar-refractivity contribution is 4.89. The summed E-state index contributed by atoms with van der Waals surface area (Å²) in [6, 6.07) is 1.48. The van der Waals surface area contributed by atoms with Gasteiger partial charge in [0.1, 0.15) is 0 Å². The minimum Gasteiger partial charge on any atom is -0.314 e. The number of hydrogen-bond donors (Lipinski definition) is 1. The van der Waals surface area contributed by atoms with Crippen molar-refractivity contribution in [1.29, 1.82) is 0 Å². The molecule has 0 aliphatic heterocycles. The number of nitrogens with one attached hydrogen (secondary N) is 1. The lowest BCUT2D eigenvalue weighted by molar-refractivity contribution is 0.133. The van der Waals surface area contributed by atoms with Crippen molar-refractivity contribution >= 4 is 0 Å². The van der Waals surface area contributed by atoms with Crippen molar-refractivity contribution in [2.24, 2.45) is 11.3 Å².